The summed E-state index contributed by atoms with van der Waals surface area (Å²) >= 11 is 0. The molecular weight excluding hydrogens is 212 g/mol. The Morgan fingerprint density at radius 2 is 1.87 bits per heavy atom. The van der Waals surface area contributed by atoms with Gasteiger partial charge in [-0.1, -0.05) is 0 Å². The minimum absolute atomic E-state index is 0.0684. The fourth-order valence-corrected chi connectivity index (χ4v) is 3.61. The average Bonchev–Trinajstić information content (AvgIpc) is 2.94. The van der Waals surface area contributed by atoms with Gasteiger partial charge in [-0.05, 0) is 38.8 Å². The van der Waals surface area contributed by atoms with E-state index in [0.717, 1.165) is 32.5 Å². The molecule has 0 unspecified atom stereocenters. The van der Waals surface area contributed by atoms with E-state index < -0.39 is 10.0 Å². The van der Waals surface area contributed by atoms with Crippen LogP contribution in [-0.2, 0) is 10.0 Å². The molecule has 2 aliphatic rings. The minimum Gasteiger partial charge on any atom is -0.302 e. The van der Waals surface area contributed by atoms with Crippen LogP contribution in [0.2, 0.25) is 0 Å². The summed E-state index contributed by atoms with van der Waals surface area (Å²) in [6.07, 6.45) is 4.24. The van der Waals surface area contributed by atoms with Crippen LogP contribution >= 0.6 is 0 Å². The first-order valence-electron chi connectivity index (χ1n) is 5.78. The Morgan fingerprint density at radius 3 is 2.40 bits per heavy atom. The molecular formula is C10H20N2O2S. The first-order valence-corrected chi connectivity index (χ1v) is 7.28. The third-order valence-electron chi connectivity index (χ3n) is 3.31. The van der Waals surface area contributed by atoms with Gasteiger partial charge < -0.3 is 4.90 Å². The molecule has 1 saturated heterocycles. The Kier molecular flexibility index (Phi) is 3.33. The van der Waals surface area contributed by atoms with E-state index in [1.807, 2.05) is 0 Å². The van der Waals surface area contributed by atoms with E-state index in [4.69, 9.17) is 0 Å². The summed E-state index contributed by atoms with van der Waals surface area (Å²) in [6, 6.07) is 0. The molecule has 0 spiro atoms. The van der Waals surface area contributed by atoms with E-state index in [9.17, 15) is 8.42 Å². The quantitative estimate of drug-likeness (QED) is 0.693. The molecule has 0 atom stereocenters. The molecule has 1 saturated carbocycles. The van der Waals surface area contributed by atoms with E-state index >= 15 is 0 Å². The fraction of sp³-hybridized carbons (Fsp3) is 1.00. The lowest BCUT2D eigenvalue weighted by Gasteiger charge is -2.21. The molecule has 5 heteroatoms. The van der Waals surface area contributed by atoms with Gasteiger partial charge in [-0.3, -0.25) is 0 Å². The number of hydrogen-bond acceptors (Lipinski definition) is 3. The average molecular weight is 232 g/mol. The highest BCUT2D eigenvalue weighted by molar-refractivity contribution is 7.90. The molecule has 2 rings (SSSR count). The van der Waals surface area contributed by atoms with E-state index in [1.165, 1.54) is 12.8 Å². The summed E-state index contributed by atoms with van der Waals surface area (Å²) in [4.78, 5) is 2.35. The zero-order chi connectivity index (χ0) is 10.9. The molecule has 0 radical (unpaired) electrons. The van der Waals surface area contributed by atoms with Crippen LogP contribution in [0.4, 0.5) is 0 Å². The Labute approximate surface area is 92.3 Å². The summed E-state index contributed by atoms with van der Waals surface area (Å²) in [5.74, 6) is 0. The Hall–Kier alpha value is -0.130. The van der Waals surface area contributed by atoms with Gasteiger partial charge in [-0.15, -0.1) is 0 Å². The van der Waals surface area contributed by atoms with Gasteiger partial charge in [-0.2, -0.15) is 0 Å². The molecule has 15 heavy (non-hydrogen) atoms. The van der Waals surface area contributed by atoms with Crippen LogP contribution in [0.1, 0.15) is 25.7 Å². The molecule has 1 heterocycles. The summed E-state index contributed by atoms with van der Waals surface area (Å²) in [5.41, 5.74) is 0. The topological polar surface area (TPSA) is 40.6 Å². The molecule has 0 amide bonds. The van der Waals surface area contributed by atoms with Gasteiger partial charge in [0.25, 0.3) is 0 Å². The first kappa shape index (κ1) is 11.4. The van der Waals surface area contributed by atoms with Crippen molar-refractivity contribution in [1.82, 2.24) is 9.21 Å². The van der Waals surface area contributed by atoms with Crippen molar-refractivity contribution in [1.29, 1.82) is 0 Å². The zero-order valence-electron chi connectivity index (χ0n) is 9.35. The maximum atomic E-state index is 11.8. The number of likely N-dealkylation sites (tertiary alicyclic amines) is 1. The first-order chi connectivity index (χ1) is 7.10. The van der Waals surface area contributed by atoms with Gasteiger partial charge in [0.2, 0.25) is 10.0 Å². The molecule has 0 aromatic rings. The maximum absolute atomic E-state index is 11.8. The van der Waals surface area contributed by atoms with Gasteiger partial charge >= 0.3 is 0 Å². The smallest absolute Gasteiger partial charge is 0.216 e. The van der Waals surface area contributed by atoms with Crippen molar-refractivity contribution < 1.29 is 8.42 Å². The molecule has 0 aromatic carbocycles. The van der Waals surface area contributed by atoms with Gasteiger partial charge in [0, 0.05) is 20.1 Å². The van der Waals surface area contributed by atoms with Crippen molar-refractivity contribution in [3.63, 3.8) is 0 Å². The van der Waals surface area contributed by atoms with Crippen molar-refractivity contribution in [2.75, 3.05) is 33.2 Å². The fourth-order valence-electron chi connectivity index (χ4n) is 2.04. The van der Waals surface area contributed by atoms with Crippen LogP contribution in [-0.4, -0.2) is 56.1 Å². The standard InChI is InChI=1S/C10H20N2O2S/c1-11(15(13,14)10-4-5-10)8-9-12-6-2-3-7-12/h10H,2-9H2,1H3. The molecule has 0 bridgehead atoms. The van der Waals surface area contributed by atoms with Crippen molar-refractivity contribution in [2.24, 2.45) is 0 Å². The summed E-state index contributed by atoms with van der Waals surface area (Å²) < 4.78 is 25.2. The minimum atomic E-state index is -2.95. The van der Waals surface area contributed by atoms with Crippen LogP contribution < -0.4 is 0 Å². The van der Waals surface area contributed by atoms with Gasteiger partial charge in [0.1, 0.15) is 0 Å². The van der Waals surface area contributed by atoms with E-state index in [0.29, 0.717) is 6.54 Å². The monoisotopic (exact) mass is 232 g/mol. The number of rotatable bonds is 5. The second-order valence-corrected chi connectivity index (χ2v) is 6.93. The van der Waals surface area contributed by atoms with E-state index in [-0.39, 0.29) is 5.25 Å². The van der Waals surface area contributed by atoms with Crippen molar-refractivity contribution in [3.05, 3.63) is 0 Å². The molecule has 1 aliphatic carbocycles. The number of sulfonamides is 1. The van der Waals surface area contributed by atoms with Gasteiger partial charge in [0.15, 0.2) is 0 Å². The maximum Gasteiger partial charge on any atom is 0.216 e. The predicted molar refractivity (Wildman–Crippen MR) is 60.2 cm³/mol. The highest BCUT2D eigenvalue weighted by Crippen LogP contribution is 2.30. The molecule has 0 aromatic heterocycles. The van der Waals surface area contributed by atoms with Crippen LogP contribution in [0, 0.1) is 0 Å². The molecule has 4 nitrogen and oxygen atoms in total. The largest absolute Gasteiger partial charge is 0.302 e. The lowest BCUT2D eigenvalue weighted by Crippen LogP contribution is -2.36. The summed E-state index contributed by atoms with van der Waals surface area (Å²) in [7, 11) is -1.24. The van der Waals surface area contributed by atoms with E-state index in [2.05, 4.69) is 4.90 Å². The summed E-state index contributed by atoms with van der Waals surface area (Å²) in [6.45, 7) is 3.82. The molecule has 0 N–H and O–H groups in total. The Morgan fingerprint density at radius 1 is 1.27 bits per heavy atom. The van der Waals surface area contributed by atoms with Crippen LogP contribution in [0.3, 0.4) is 0 Å². The Balaban J connectivity index is 1.78. The second kappa shape index (κ2) is 4.39. The molecule has 88 valence electrons. The van der Waals surface area contributed by atoms with Crippen LogP contribution in [0.5, 0.6) is 0 Å². The molecule has 2 fully saturated rings. The SMILES string of the molecule is CN(CCN1CCCC1)S(=O)(=O)C1CC1. The third kappa shape index (κ3) is 2.71. The zero-order valence-corrected chi connectivity index (χ0v) is 10.2. The predicted octanol–water partition coefficient (Wildman–Crippen LogP) is 0.506. The van der Waals surface area contributed by atoms with Crippen molar-refractivity contribution in [2.45, 2.75) is 30.9 Å². The number of hydrogen-bond donors (Lipinski definition) is 0. The number of nitrogens with zero attached hydrogens (tertiary/aromatic N) is 2. The molecule has 1 aliphatic heterocycles. The highest BCUT2D eigenvalue weighted by Gasteiger charge is 2.38. The van der Waals surface area contributed by atoms with Crippen LogP contribution in [0.15, 0.2) is 0 Å². The van der Waals surface area contributed by atoms with Gasteiger partial charge in [0.05, 0.1) is 5.25 Å². The number of likely N-dealkylation sites (N-methyl/N-ethyl adjacent to an activating group) is 1. The second-order valence-electron chi connectivity index (χ2n) is 4.61. The van der Waals surface area contributed by atoms with Crippen LogP contribution in [0.25, 0.3) is 0 Å². The lowest BCUT2D eigenvalue weighted by molar-refractivity contribution is 0.310. The highest BCUT2D eigenvalue weighted by atomic mass is 32.2. The Bertz CT molecular complexity index is 305. The van der Waals surface area contributed by atoms with Crippen molar-refractivity contribution >= 4 is 10.0 Å². The lowest BCUT2D eigenvalue weighted by atomic mass is 10.4. The third-order valence-corrected chi connectivity index (χ3v) is 5.68. The van der Waals surface area contributed by atoms with Crippen molar-refractivity contribution in [3.8, 4) is 0 Å². The normalized spacial score (nSPS) is 23.9. The van der Waals surface area contributed by atoms with Gasteiger partial charge in [-0.25, -0.2) is 12.7 Å². The summed E-state index contributed by atoms with van der Waals surface area (Å²) in [5, 5.41) is -0.0684. The van der Waals surface area contributed by atoms with E-state index in [1.54, 1.807) is 11.4 Å².